The van der Waals surface area contributed by atoms with Gasteiger partial charge in [-0.25, -0.2) is 4.79 Å². The number of hydrogen-bond donors (Lipinski definition) is 3. The predicted molar refractivity (Wildman–Crippen MR) is 86.7 cm³/mol. The molecule has 0 radical (unpaired) electrons. The number of carboxylic acid groups (broad SMARTS) is 1. The van der Waals surface area contributed by atoms with Crippen LogP contribution in [0, 0.1) is 0 Å². The topological polar surface area (TPSA) is 99.3 Å². The number of carboxylic acids is 1. The van der Waals surface area contributed by atoms with Gasteiger partial charge in [-0.2, -0.15) is 0 Å². The molecule has 1 amide bonds. The Morgan fingerprint density at radius 2 is 2.04 bits per heavy atom. The summed E-state index contributed by atoms with van der Waals surface area (Å²) in [5.41, 5.74) is 1.47. The second kappa shape index (κ2) is 7.94. The zero-order chi connectivity index (χ0) is 16.8. The standard InChI is InChI=1S/C17H24N2O4/c1-2-3-8-14(17(22)23)19-16(21)12-10-11-7-5-4-6-9-13(11)18-15(12)20/h10,14H,2-9H2,1H3,(H,18,20)(H,19,21)(H,22,23). The van der Waals surface area contributed by atoms with Crippen LogP contribution in [0.5, 0.6) is 0 Å². The van der Waals surface area contributed by atoms with E-state index >= 15 is 0 Å². The van der Waals surface area contributed by atoms with Crippen LogP contribution in [-0.2, 0) is 17.6 Å². The minimum absolute atomic E-state index is 0.00778. The molecule has 6 nitrogen and oxygen atoms in total. The van der Waals surface area contributed by atoms with Crippen molar-refractivity contribution in [2.24, 2.45) is 0 Å². The lowest BCUT2D eigenvalue weighted by Crippen LogP contribution is -2.42. The molecule has 1 atom stereocenters. The zero-order valence-electron chi connectivity index (χ0n) is 13.5. The first kappa shape index (κ1) is 17.2. The van der Waals surface area contributed by atoms with Gasteiger partial charge in [-0.05, 0) is 43.7 Å². The predicted octanol–water partition coefficient (Wildman–Crippen LogP) is 2.02. The van der Waals surface area contributed by atoms with Gasteiger partial charge in [0.2, 0.25) is 0 Å². The molecule has 1 unspecified atom stereocenters. The third kappa shape index (κ3) is 4.43. The average Bonchev–Trinajstić information content (AvgIpc) is 2.74. The van der Waals surface area contributed by atoms with Gasteiger partial charge >= 0.3 is 5.97 Å². The molecule has 6 heteroatoms. The number of rotatable bonds is 6. The highest BCUT2D eigenvalue weighted by molar-refractivity contribution is 5.96. The highest BCUT2D eigenvalue weighted by atomic mass is 16.4. The van der Waals surface area contributed by atoms with Crippen molar-refractivity contribution in [2.45, 2.75) is 64.3 Å². The summed E-state index contributed by atoms with van der Waals surface area (Å²) in [5.74, 6) is -1.68. The fourth-order valence-electron chi connectivity index (χ4n) is 2.92. The van der Waals surface area contributed by atoms with Gasteiger partial charge in [0, 0.05) is 5.69 Å². The van der Waals surface area contributed by atoms with Crippen LogP contribution in [0.3, 0.4) is 0 Å². The number of aliphatic carboxylic acids is 1. The second-order valence-corrected chi connectivity index (χ2v) is 6.08. The van der Waals surface area contributed by atoms with E-state index in [0.29, 0.717) is 12.8 Å². The Morgan fingerprint density at radius 3 is 2.74 bits per heavy atom. The Labute approximate surface area is 135 Å². The maximum atomic E-state index is 12.3. The van der Waals surface area contributed by atoms with Crippen LogP contribution in [0.1, 0.15) is 67.1 Å². The lowest BCUT2D eigenvalue weighted by atomic mass is 10.0. The molecule has 0 saturated heterocycles. The van der Waals surface area contributed by atoms with Gasteiger partial charge in [0.25, 0.3) is 11.5 Å². The van der Waals surface area contributed by atoms with Crippen LogP contribution < -0.4 is 10.9 Å². The molecule has 1 aliphatic carbocycles. The van der Waals surface area contributed by atoms with E-state index in [4.69, 9.17) is 0 Å². The van der Waals surface area contributed by atoms with Crippen LogP contribution in [0.15, 0.2) is 10.9 Å². The molecule has 3 N–H and O–H groups in total. The van der Waals surface area contributed by atoms with Gasteiger partial charge in [0.05, 0.1) is 0 Å². The van der Waals surface area contributed by atoms with Crippen LogP contribution >= 0.6 is 0 Å². The number of H-pyrrole nitrogens is 1. The summed E-state index contributed by atoms with van der Waals surface area (Å²) in [6.07, 6.45) is 6.75. The Morgan fingerprint density at radius 1 is 1.30 bits per heavy atom. The number of carbonyl (C=O) groups excluding carboxylic acids is 1. The summed E-state index contributed by atoms with van der Waals surface area (Å²) < 4.78 is 0. The molecule has 0 bridgehead atoms. The largest absolute Gasteiger partial charge is 0.480 e. The van der Waals surface area contributed by atoms with Crippen molar-refractivity contribution in [2.75, 3.05) is 0 Å². The van der Waals surface area contributed by atoms with Gasteiger partial charge in [-0.1, -0.05) is 26.2 Å². The number of nitrogens with one attached hydrogen (secondary N) is 2. The smallest absolute Gasteiger partial charge is 0.326 e. The number of carbonyl (C=O) groups is 2. The molecular formula is C17H24N2O4. The number of aromatic nitrogens is 1. The Balaban J connectivity index is 2.20. The fraction of sp³-hybridized carbons (Fsp3) is 0.588. The van der Waals surface area contributed by atoms with Crippen molar-refractivity contribution in [3.8, 4) is 0 Å². The molecular weight excluding hydrogens is 296 g/mol. The van der Waals surface area contributed by atoms with Crippen LogP contribution in [0.25, 0.3) is 0 Å². The van der Waals surface area contributed by atoms with Crippen molar-refractivity contribution in [1.82, 2.24) is 10.3 Å². The van der Waals surface area contributed by atoms with Crippen molar-refractivity contribution in [3.63, 3.8) is 0 Å². The Kier molecular flexibility index (Phi) is 5.96. The summed E-state index contributed by atoms with van der Waals surface area (Å²) in [7, 11) is 0. The first-order chi connectivity index (χ1) is 11.0. The minimum atomic E-state index is -1.07. The fourth-order valence-corrected chi connectivity index (χ4v) is 2.92. The summed E-state index contributed by atoms with van der Waals surface area (Å²) in [4.78, 5) is 38.5. The quantitative estimate of drug-likeness (QED) is 0.698. The van der Waals surface area contributed by atoms with Crippen molar-refractivity contribution in [1.29, 1.82) is 0 Å². The molecule has 23 heavy (non-hydrogen) atoms. The normalized spacial score (nSPS) is 15.3. The van der Waals surface area contributed by atoms with E-state index in [1.165, 1.54) is 0 Å². The molecule has 126 valence electrons. The number of aromatic amines is 1. The van der Waals surface area contributed by atoms with Gasteiger partial charge in [-0.15, -0.1) is 0 Å². The highest BCUT2D eigenvalue weighted by Crippen LogP contribution is 2.18. The van der Waals surface area contributed by atoms with Crippen LogP contribution in [0.2, 0.25) is 0 Å². The lowest BCUT2D eigenvalue weighted by molar-refractivity contribution is -0.139. The number of amides is 1. The first-order valence-electron chi connectivity index (χ1n) is 8.31. The van der Waals surface area contributed by atoms with Crippen molar-refractivity contribution in [3.05, 3.63) is 33.2 Å². The van der Waals surface area contributed by atoms with Crippen LogP contribution in [0.4, 0.5) is 0 Å². The van der Waals surface area contributed by atoms with E-state index in [2.05, 4.69) is 10.3 Å². The monoisotopic (exact) mass is 320 g/mol. The summed E-state index contributed by atoms with van der Waals surface area (Å²) in [5, 5.41) is 11.7. The number of fused-ring (bicyclic) bond motifs is 1. The number of aryl methyl sites for hydroxylation is 2. The molecule has 0 fully saturated rings. The highest BCUT2D eigenvalue weighted by Gasteiger charge is 2.22. The molecule has 1 aromatic rings. The van der Waals surface area contributed by atoms with Gasteiger partial charge in [-0.3, -0.25) is 9.59 Å². The van der Waals surface area contributed by atoms with Crippen molar-refractivity contribution < 1.29 is 14.7 Å². The second-order valence-electron chi connectivity index (χ2n) is 6.08. The maximum absolute atomic E-state index is 12.3. The van der Waals surface area contributed by atoms with E-state index in [9.17, 15) is 19.5 Å². The average molecular weight is 320 g/mol. The summed E-state index contributed by atoms with van der Waals surface area (Å²) in [6, 6.07) is 0.675. The maximum Gasteiger partial charge on any atom is 0.326 e. The van der Waals surface area contributed by atoms with Crippen LogP contribution in [-0.4, -0.2) is 28.0 Å². The molecule has 0 aliphatic heterocycles. The molecule has 0 saturated carbocycles. The molecule has 2 rings (SSSR count). The van der Waals surface area contributed by atoms with E-state index in [0.717, 1.165) is 49.8 Å². The Hall–Kier alpha value is -2.11. The third-order valence-electron chi connectivity index (χ3n) is 4.28. The molecule has 1 heterocycles. The first-order valence-corrected chi connectivity index (χ1v) is 8.31. The van der Waals surface area contributed by atoms with E-state index in [1.54, 1.807) is 6.07 Å². The Bertz CT molecular complexity index is 636. The van der Waals surface area contributed by atoms with E-state index in [-0.39, 0.29) is 5.56 Å². The number of pyridine rings is 1. The molecule has 1 aliphatic rings. The summed E-state index contributed by atoms with van der Waals surface area (Å²) >= 11 is 0. The van der Waals surface area contributed by atoms with Gasteiger partial charge in [0.1, 0.15) is 11.6 Å². The van der Waals surface area contributed by atoms with Gasteiger partial charge < -0.3 is 15.4 Å². The molecule has 1 aromatic heterocycles. The molecule has 0 aromatic carbocycles. The SMILES string of the molecule is CCCCC(NC(=O)c1cc2c([nH]c1=O)CCCCC2)C(=O)O. The van der Waals surface area contributed by atoms with Gasteiger partial charge in [0.15, 0.2) is 0 Å². The number of hydrogen-bond acceptors (Lipinski definition) is 3. The zero-order valence-corrected chi connectivity index (χ0v) is 13.5. The summed E-state index contributed by atoms with van der Waals surface area (Å²) in [6.45, 7) is 1.96. The molecule has 0 spiro atoms. The van der Waals surface area contributed by atoms with E-state index < -0.39 is 23.5 Å². The van der Waals surface area contributed by atoms with Crippen molar-refractivity contribution >= 4 is 11.9 Å². The van der Waals surface area contributed by atoms with E-state index in [1.807, 2.05) is 6.92 Å². The number of unbranched alkanes of at least 4 members (excludes halogenated alkanes) is 1. The lowest BCUT2D eigenvalue weighted by Gasteiger charge is -2.14. The third-order valence-corrected chi connectivity index (χ3v) is 4.28. The minimum Gasteiger partial charge on any atom is -0.480 e.